The number of anilines is 1. The van der Waals surface area contributed by atoms with Gasteiger partial charge in [0.2, 0.25) is 0 Å². The maximum absolute atomic E-state index is 10.7. The van der Waals surface area contributed by atoms with E-state index in [-0.39, 0.29) is 17.8 Å². The molecule has 2 unspecified atom stereocenters. The highest BCUT2D eigenvalue weighted by Crippen LogP contribution is 2.29. The summed E-state index contributed by atoms with van der Waals surface area (Å²) in [6.45, 7) is 3.91. The van der Waals surface area contributed by atoms with Crippen molar-refractivity contribution in [2.75, 3.05) is 19.5 Å². The lowest BCUT2D eigenvalue weighted by atomic mass is 10.2. The van der Waals surface area contributed by atoms with Crippen LogP contribution in [0.4, 0.5) is 11.4 Å². The lowest BCUT2D eigenvalue weighted by Gasteiger charge is -2.22. The first-order chi connectivity index (χ1) is 8.49. The van der Waals surface area contributed by atoms with E-state index in [1.165, 1.54) is 19.2 Å². The molecule has 0 spiro atoms. The Morgan fingerprint density at radius 2 is 2.00 bits per heavy atom. The highest BCUT2D eigenvalue weighted by molar-refractivity contribution is 5.61. The van der Waals surface area contributed by atoms with Gasteiger partial charge in [-0.05, 0) is 19.9 Å². The third-order valence-electron chi connectivity index (χ3n) is 2.86. The normalized spacial score (nSPS) is 13.8. The summed E-state index contributed by atoms with van der Waals surface area (Å²) in [5.74, 6) is 0.444. The number of methoxy groups -OCH3 is 2. The molecule has 0 fully saturated rings. The predicted octanol–water partition coefficient (Wildman–Crippen LogP) is 2.44. The van der Waals surface area contributed by atoms with Gasteiger partial charge in [-0.1, -0.05) is 0 Å². The van der Waals surface area contributed by atoms with Crippen LogP contribution in [-0.2, 0) is 4.74 Å². The lowest BCUT2D eigenvalue weighted by molar-refractivity contribution is -0.384. The van der Waals surface area contributed by atoms with E-state index in [0.717, 1.165) is 0 Å². The summed E-state index contributed by atoms with van der Waals surface area (Å²) in [5, 5.41) is 13.9. The third-order valence-corrected chi connectivity index (χ3v) is 2.86. The smallest absolute Gasteiger partial charge is 0.273 e. The van der Waals surface area contributed by atoms with Crippen LogP contribution in [0.5, 0.6) is 5.75 Å². The Morgan fingerprint density at radius 3 is 2.50 bits per heavy atom. The van der Waals surface area contributed by atoms with Crippen LogP contribution in [0.3, 0.4) is 0 Å². The molecule has 6 heteroatoms. The lowest BCUT2D eigenvalue weighted by Crippen LogP contribution is -2.29. The molecule has 0 aliphatic carbocycles. The van der Waals surface area contributed by atoms with Crippen molar-refractivity contribution >= 4 is 11.4 Å². The predicted molar refractivity (Wildman–Crippen MR) is 69.2 cm³/mol. The number of nitro benzene ring substituents is 1. The van der Waals surface area contributed by atoms with E-state index in [1.54, 1.807) is 13.2 Å². The molecule has 100 valence electrons. The molecule has 1 aromatic rings. The summed E-state index contributed by atoms with van der Waals surface area (Å²) in [4.78, 5) is 10.2. The van der Waals surface area contributed by atoms with Crippen molar-refractivity contribution in [2.24, 2.45) is 0 Å². The highest BCUT2D eigenvalue weighted by Gasteiger charge is 2.15. The quantitative estimate of drug-likeness (QED) is 0.623. The fourth-order valence-corrected chi connectivity index (χ4v) is 1.48. The van der Waals surface area contributed by atoms with Crippen LogP contribution in [0.1, 0.15) is 13.8 Å². The summed E-state index contributed by atoms with van der Waals surface area (Å²) in [5.41, 5.74) is 0.712. The molecule has 2 atom stereocenters. The number of non-ortho nitro benzene ring substituents is 1. The van der Waals surface area contributed by atoms with Gasteiger partial charge in [0.1, 0.15) is 5.75 Å². The number of nitrogens with one attached hydrogen (secondary N) is 1. The Hall–Kier alpha value is -1.82. The van der Waals surface area contributed by atoms with Crippen molar-refractivity contribution in [1.29, 1.82) is 0 Å². The summed E-state index contributed by atoms with van der Waals surface area (Å²) in [7, 11) is 3.12. The SMILES string of the molecule is COc1cc([N+](=O)[O-])ccc1NC(C)C(C)OC. The molecule has 0 aliphatic rings. The van der Waals surface area contributed by atoms with Gasteiger partial charge in [-0.15, -0.1) is 0 Å². The average Bonchev–Trinajstić information content (AvgIpc) is 2.37. The maximum Gasteiger partial charge on any atom is 0.273 e. The second-order valence-electron chi connectivity index (χ2n) is 4.02. The Labute approximate surface area is 106 Å². The average molecular weight is 254 g/mol. The second-order valence-corrected chi connectivity index (χ2v) is 4.02. The fraction of sp³-hybridized carbons (Fsp3) is 0.500. The number of benzene rings is 1. The first-order valence-electron chi connectivity index (χ1n) is 5.61. The van der Waals surface area contributed by atoms with Crippen LogP contribution < -0.4 is 10.1 Å². The van der Waals surface area contributed by atoms with Gasteiger partial charge in [-0.3, -0.25) is 10.1 Å². The van der Waals surface area contributed by atoms with E-state index in [4.69, 9.17) is 9.47 Å². The zero-order valence-electron chi connectivity index (χ0n) is 11.0. The second kappa shape index (κ2) is 6.20. The van der Waals surface area contributed by atoms with E-state index >= 15 is 0 Å². The van der Waals surface area contributed by atoms with Crippen molar-refractivity contribution < 1.29 is 14.4 Å². The molecule has 1 N–H and O–H groups in total. The Bertz CT molecular complexity index is 423. The topological polar surface area (TPSA) is 73.6 Å². The van der Waals surface area contributed by atoms with Gasteiger partial charge in [0.25, 0.3) is 5.69 Å². The Balaban J connectivity index is 2.92. The number of nitrogens with zero attached hydrogens (tertiary/aromatic N) is 1. The van der Waals surface area contributed by atoms with Crippen molar-refractivity contribution in [3.05, 3.63) is 28.3 Å². The van der Waals surface area contributed by atoms with Crippen LogP contribution in [0.15, 0.2) is 18.2 Å². The van der Waals surface area contributed by atoms with Crippen molar-refractivity contribution in [3.63, 3.8) is 0 Å². The molecule has 0 saturated carbocycles. The minimum Gasteiger partial charge on any atom is -0.494 e. The van der Waals surface area contributed by atoms with Gasteiger partial charge in [0.15, 0.2) is 0 Å². The molecule has 1 aromatic carbocycles. The fourth-order valence-electron chi connectivity index (χ4n) is 1.48. The van der Waals surface area contributed by atoms with Gasteiger partial charge in [-0.25, -0.2) is 0 Å². The summed E-state index contributed by atoms with van der Waals surface area (Å²) in [6, 6.07) is 4.53. The van der Waals surface area contributed by atoms with Gasteiger partial charge in [-0.2, -0.15) is 0 Å². The van der Waals surface area contributed by atoms with E-state index in [2.05, 4.69) is 5.32 Å². The molecular formula is C12H18N2O4. The van der Waals surface area contributed by atoms with Crippen LogP contribution >= 0.6 is 0 Å². The Kier molecular flexibility index (Phi) is 4.91. The molecule has 0 radical (unpaired) electrons. The number of ether oxygens (including phenoxy) is 2. The van der Waals surface area contributed by atoms with Crippen LogP contribution in [0.2, 0.25) is 0 Å². The summed E-state index contributed by atoms with van der Waals surface area (Å²) in [6.07, 6.45) is 0.0184. The molecule has 0 heterocycles. The van der Waals surface area contributed by atoms with Crippen LogP contribution in [0, 0.1) is 10.1 Å². The minimum absolute atomic E-state index is 0.00448. The molecule has 0 aromatic heterocycles. The number of hydrogen-bond donors (Lipinski definition) is 1. The number of hydrogen-bond acceptors (Lipinski definition) is 5. The molecule has 1 rings (SSSR count). The van der Waals surface area contributed by atoms with E-state index in [0.29, 0.717) is 11.4 Å². The maximum atomic E-state index is 10.7. The van der Waals surface area contributed by atoms with Gasteiger partial charge >= 0.3 is 0 Å². The molecule has 0 amide bonds. The largest absolute Gasteiger partial charge is 0.494 e. The van der Waals surface area contributed by atoms with Crippen LogP contribution in [-0.4, -0.2) is 31.3 Å². The zero-order valence-corrected chi connectivity index (χ0v) is 11.0. The van der Waals surface area contributed by atoms with E-state index in [9.17, 15) is 10.1 Å². The van der Waals surface area contributed by atoms with Gasteiger partial charge in [0.05, 0.1) is 29.9 Å². The minimum atomic E-state index is -0.451. The molecule has 0 bridgehead atoms. The van der Waals surface area contributed by atoms with Crippen LogP contribution in [0.25, 0.3) is 0 Å². The summed E-state index contributed by atoms with van der Waals surface area (Å²) >= 11 is 0. The summed E-state index contributed by atoms with van der Waals surface area (Å²) < 4.78 is 10.4. The highest BCUT2D eigenvalue weighted by atomic mass is 16.6. The number of nitro groups is 1. The molecular weight excluding hydrogens is 236 g/mol. The van der Waals surface area contributed by atoms with E-state index in [1.807, 2.05) is 13.8 Å². The van der Waals surface area contributed by atoms with E-state index < -0.39 is 4.92 Å². The molecule has 18 heavy (non-hydrogen) atoms. The van der Waals surface area contributed by atoms with Crippen molar-refractivity contribution in [2.45, 2.75) is 26.0 Å². The van der Waals surface area contributed by atoms with Crippen molar-refractivity contribution in [3.8, 4) is 5.75 Å². The van der Waals surface area contributed by atoms with Gasteiger partial charge < -0.3 is 14.8 Å². The standard InChI is InChI=1S/C12H18N2O4/c1-8(9(2)17-3)13-11-6-5-10(14(15)16)7-12(11)18-4/h5-9,13H,1-4H3. The van der Waals surface area contributed by atoms with Crippen molar-refractivity contribution in [1.82, 2.24) is 0 Å². The monoisotopic (exact) mass is 254 g/mol. The first kappa shape index (κ1) is 14.2. The molecule has 0 aliphatic heterocycles. The molecule has 0 saturated heterocycles. The third kappa shape index (κ3) is 3.33. The molecule has 6 nitrogen and oxygen atoms in total. The van der Waals surface area contributed by atoms with Gasteiger partial charge in [0, 0.05) is 19.2 Å². The Morgan fingerprint density at radius 1 is 1.33 bits per heavy atom. The zero-order chi connectivity index (χ0) is 13.7. The first-order valence-corrected chi connectivity index (χ1v) is 5.61. The number of rotatable bonds is 6.